The molecule has 1 atom stereocenters. The van der Waals surface area contributed by atoms with Crippen molar-refractivity contribution in [2.75, 3.05) is 0 Å². The molecule has 28 heavy (non-hydrogen) atoms. The molecule has 1 fully saturated rings. The Hall–Kier alpha value is -3.41. The molecule has 0 aliphatic heterocycles. The second-order valence-corrected chi connectivity index (χ2v) is 6.77. The van der Waals surface area contributed by atoms with Gasteiger partial charge in [0.2, 0.25) is 12.0 Å². The summed E-state index contributed by atoms with van der Waals surface area (Å²) in [4.78, 5) is 29.7. The fourth-order valence-corrected chi connectivity index (χ4v) is 2.86. The highest BCUT2D eigenvalue weighted by Gasteiger charge is 2.32. The van der Waals surface area contributed by atoms with Gasteiger partial charge in [-0.3, -0.25) is 4.79 Å². The number of benzene rings is 2. The summed E-state index contributed by atoms with van der Waals surface area (Å²) in [5.74, 6) is -0.336. The van der Waals surface area contributed by atoms with Crippen molar-refractivity contribution in [3.05, 3.63) is 77.7 Å². The minimum absolute atomic E-state index is 0.0685. The fourth-order valence-electron chi connectivity index (χ4n) is 2.86. The number of amides is 1. The zero-order chi connectivity index (χ0) is 19.5. The Morgan fingerprint density at radius 3 is 2.36 bits per heavy atom. The first-order valence-electron chi connectivity index (χ1n) is 9.21. The molecule has 1 amide bonds. The highest BCUT2D eigenvalue weighted by atomic mass is 16.5. The number of hydrogen-bond acceptors (Lipinski definition) is 5. The van der Waals surface area contributed by atoms with E-state index in [1.807, 2.05) is 36.4 Å². The standard InChI is InChI=1S/C22H20N2O4/c1-14-18(24-21(27-14)16-10-6-3-7-11-16)22(26)28-19(15-8-4-2-5-9-15)20(25)23-17-12-13-17/h2-11,17,19H,12-13H2,1H3,(H,23,25)/t19-/m0/s1. The second kappa shape index (κ2) is 7.68. The topological polar surface area (TPSA) is 81.4 Å². The first-order chi connectivity index (χ1) is 13.6. The average molecular weight is 376 g/mol. The Labute approximate surface area is 162 Å². The van der Waals surface area contributed by atoms with Crippen molar-refractivity contribution in [2.24, 2.45) is 0 Å². The lowest BCUT2D eigenvalue weighted by Crippen LogP contribution is -2.33. The number of nitrogens with one attached hydrogen (secondary N) is 1. The molecule has 0 radical (unpaired) electrons. The van der Waals surface area contributed by atoms with E-state index in [4.69, 9.17) is 9.15 Å². The summed E-state index contributed by atoms with van der Waals surface area (Å²) in [6, 6.07) is 18.4. The largest absolute Gasteiger partial charge is 0.442 e. The Morgan fingerprint density at radius 2 is 1.71 bits per heavy atom. The van der Waals surface area contributed by atoms with Crippen LogP contribution in [0.3, 0.4) is 0 Å². The zero-order valence-electron chi connectivity index (χ0n) is 15.4. The van der Waals surface area contributed by atoms with Crippen LogP contribution in [0.5, 0.6) is 0 Å². The van der Waals surface area contributed by atoms with Gasteiger partial charge in [0.25, 0.3) is 5.91 Å². The first kappa shape index (κ1) is 18.0. The molecular weight excluding hydrogens is 356 g/mol. The van der Waals surface area contributed by atoms with E-state index in [0.29, 0.717) is 17.2 Å². The quantitative estimate of drug-likeness (QED) is 0.661. The number of rotatable bonds is 6. The molecule has 1 heterocycles. The number of oxazole rings is 1. The maximum atomic E-state index is 12.8. The molecule has 4 rings (SSSR count). The number of esters is 1. The normalized spacial score (nSPS) is 14.3. The molecule has 0 unspecified atom stereocenters. The van der Waals surface area contributed by atoms with Crippen LogP contribution in [0.2, 0.25) is 0 Å². The summed E-state index contributed by atoms with van der Waals surface area (Å²) in [6.45, 7) is 1.65. The minimum Gasteiger partial charge on any atom is -0.442 e. The van der Waals surface area contributed by atoms with E-state index in [0.717, 1.165) is 18.4 Å². The number of ether oxygens (including phenoxy) is 1. The molecule has 6 nitrogen and oxygen atoms in total. The third kappa shape index (κ3) is 3.96. The Kier molecular flexibility index (Phi) is 4.93. The van der Waals surface area contributed by atoms with Gasteiger partial charge in [-0.2, -0.15) is 0 Å². The number of aryl methyl sites for hydroxylation is 1. The zero-order valence-corrected chi connectivity index (χ0v) is 15.4. The molecule has 1 aliphatic rings. The van der Waals surface area contributed by atoms with Crippen LogP contribution in [0.25, 0.3) is 11.5 Å². The molecule has 1 aromatic heterocycles. The van der Waals surface area contributed by atoms with Crippen LogP contribution in [0.15, 0.2) is 65.1 Å². The number of hydrogen-bond donors (Lipinski definition) is 1. The highest BCUT2D eigenvalue weighted by molar-refractivity contribution is 5.92. The predicted octanol–water partition coefficient (Wildman–Crippen LogP) is 3.83. The van der Waals surface area contributed by atoms with Gasteiger partial charge in [0, 0.05) is 17.2 Å². The average Bonchev–Trinajstić information content (AvgIpc) is 3.45. The molecular formula is C22H20N2O4. The molecule has 0 spiro atoms. The molecule has 0 bridgehead atoms. The van der Waals surface area contributed by atoms with Crippen LogP contribution >= 0.6 is 0 Å². The van der Waals surface area contributed by atoms with Crippen LogP contribution in [0, 0.1) is 6.92 Å². The maximum absolute atomic E-state index is 12.8. The Bertz CT molecular complexity index is 978. The molecule has 142 valence electrons. The Morgan fingerprint density at radius 1 is 1.07 bits per heavy atom. The van der Waals surface area contributed by atoms with E-state index in [2.05, 4.69) is 10.3 Å². The van der Waals surface area contributed by atoms with E-state index in [1.54, 1.807) is 31.2 Å². The summed E-state index contributed by atoms with van der Waals surface area (Å²) in [6.07, 6.45) is 0.860. The number of carbonyl (C=O) groups is 2. The van der Waals surface area contributed by atoms with Gasteiger partial charge < -0.3 is 14.5 Å². The smallest absolute Gasteiger partial charge is 0.361 e. The van der Waals surface area contributed by atoms with E-state index in [-0.39, 0.29) is 17.6 Å². The van der Waals surface area contributed by atoms with Gasteiger partial charge in [0.1, 0.15) is 5.76 Å². The van der Waals surface area contributed by atoms with Gasteiger partial charge in [-0.25, -0.2) is 9.78 Å². The van der Waals surface area contributed by atoms with Crippen molar-refractivity contribution >= 4 is 11.9 Å². The lowest BCUT2D eigenvalue weighted by Gasteiger charge is -2.17. The minimum atomic E-state index is -1.04. The third-order valence-electron chi connectivity index (χ3n) is 4.50. The summed E-state index contributed by atoms with van der Waals surface area (Å²) in [5, 5.41) is 2.89. The van der Waals surface area contributed by atoms with Crippen molar-refractivity contribution in [2.45, 2.75) is 31.9 Å². The molecule has 0 saturated heterocycles. The van der Waals surface area contributed by atoms with E-state index < -0.39 is 12.1 Å². The monoisotopic (exact) mass is 376 g/mol. The summed E-state index contributed by atoms with van der Waals surface area (Å²) < 4.78 is 11.2. The highest BCUT2D eigenvalue weighted by Crippen LogP contribution is 2.26. The second-order valence-electron chi connectivity index (χ2n) is 6.77. The van der Waals surface area contributed by atoms with Gasteiger partial charge >= 0.3 is 5.97 Å². The van der Waals surface area contributed by atoms with E-state index in [9.17, 15) is 9.59 Å². The van der Waals surface area contributed by atoms with Crippen molar-refractivity contribution < 1.29 is 18.7 Å². The van der Waals surface area contributed by atoms with E-state index >= 15 is 0 Å². The van der Waals surface area contributed by atoms with Crippen molar-refractivity contribution in [1.82, 2.24) is 10.3 Å². The van der Waals surface area contributed by atoms with Gasteiger partial charge in [-0.15, -0.1) is 0 Å². The number of aromatic nitrogens is 1. The van der Waals surface area contributed by atoms with Crippen LogP contribution in [0.4, 0.5) is 0 Å². The predicted molar refractivity (Wildman–Crippen MR) is 102 cm³/mol. The SMILES string of the molecule is Cc1oc(-c2ccccc2)nc1C(=O)O[C@H](C(=O)NC1CC1)c1ccccc1. The van der Waals surface area contributed by atoms with Crippen LogP contribution in [-0.2, 0) is 9.53 Å². The maximum Gasteiger partial charge on any atom is 0.361 e. The van der Waals surface area contributed by atoms with Crippen LogP contribution in [-0.4, -0.2) is 22.9 Å². The lowest BCUT2D eigenvalue weighted by molar-refractivity contribution is -0.130. The van der Waals surface area contributed by atoms with E-state index in [1.165, 1.54) is 0 Å². The van der Waals surface area contributed by atoms with Gasteiger partial charge in [0.15, 0.2) is 5.69 Å². The fraction of sp³-hybridized carbons (Fsp3) is 0.227. The molecule has 2 aromatic carbocycles. The first-order valence-corrected chi connectivity index (χ1v) is 9.21. The van der Waals surface area contributed by atoms with Crippen molar-refractivity contribution in [1.29, 1.82) is 0 Å². The van der Waals surface area contributed by atoms with Crippen LogP contribution < -0.4 is 5.32 Å². The third-order valence-corrected chi connectivity index (χ3v) is 4.50. The number of nitrogens with zero attached hydrogens (tertiary/aromatic N) is 1. The van der Waals surface area contributed by atoms with Gasteiger partial charge in [-0.05, 0) is 31.9 Å². The van der Waals surface area contributed by atoms with Crippen molar-refractivity contribution in [3.8, 4) is 11.5 Å². The van der Waals surface area contributed by atoms with Crippen LogP contribution in [0.1, 0.15) is 40.8 Å². The van der Waals surface area contributed by atoms with Gasteiger partial charge in [-0.1, -0.05) is 48.5 Å². The molecule has 6 heteroatoms. The van der Waals surface area contributed by atoms with Gasteiger partial charge in [0.05, 0.1) is 0 Å². The summed E-state index contributed by atoms with van der Waals surface area (Å²) in [7, 11) is 0. The molecule has 1 saturated carbocycles. The summed E-state index contributed by atoms with van der Waals surface area (Å²) >= 11 is 0. The lowest BCUT2D eigenvalue weighted by atomic mass is 10.1. The molecule has 1 aliphatic carbocycles. The number of carbonyl (C=O) groups excluding carboxylic acids is 2. The van der Waals surface area contributed by atoms with Crippen molar-refractivity contribution in [3.63, 3.8) is 0 Å². The Balaban J connectivity index is 1.57. The molecule has 1 N–H and O–H groups in total. The molecule has 3 aromatic rings. The summed E-state index contributed by atoms with van der Waals surface area (Å²) in [5.41, 5.74) is 1.44.